The fourth-order valence-corrected chi connectivity index (χ4v) is 4.73. The first-order valence-electron chi connectivity index (χ1n) is 12.0. The fourth-order valence-electron chi connectivity index (χ4n) is 3.67. The average molecular weight is 535 g/mol. The standard InChI is InChI=1S/C29H27FN2O5S/c1-4-32-27(33)26(38-29(32)31-23-13-9-21(10-14-23)28(34)35-3)17-20-8-15-24(25(16-20)36-5-2)37-18-19-6-11-22(30)12-7-19/h6-17H,4-5,18H2,1-3H3/b26-17+,31-29?. The third kappa shape index (κ3) is 6.41. The van der Waals surface area contributed by atoms with Gasteiger partial charge in [0.05, 0.1) is 29.9 Å². The van der Waals surface area contributed by atoms with Crippen molar-refractivity contribution in [2.75, 3.05) is 20.3 Å². The van der Waals surface area contributed by atoms with Crippen molar-refractivity contribution in [2.24, 2.45) is 4.99 Å². The lowest BCUT2D eigenvalue weighted by Gasteiger charge is -2.13. The summed E-state index contributed by atoms with van der Waals surface area (Å²) < 4.78 is 29.6. The Labute approximate surface area is 224 Å². The Bertz CT molecular complexity index is 1370. The molecular formula is C29H27FN2O5S. The number of carbonyl (C=O) groups is 2. The van der Waals surface area contributed by atoms with Gasteiger partial charge < -0.3 is 14.2 Å². The minimum absolute atomic E-state index is 0.142. The molecule has 1 saturated heterocycles. The summed E-state index contributed by atoms with van der Waals surface area (Å²) in [5.74, 6) is 0.236. The molecule has 0 N–H and O–H groups in total. The van der Waals surface area contributed by atoms with Crippen LogP contribution in [-0.4, -0.2) is 42.2 Å². The molecule has 0 radical (unpaired) electrons. The lowest BCUT2D eigenvalue weighted by molar-refractivity contribution is -0.122. The zero-order valence-corrected chi connectivity index (χ0v) is 22.1. The molecule has 0 aliphatic carbocycles. The van der Waals surface area contributed by atoms with Crippen LogP contribution in [-0.2, 0) is 16.1 Å². The number of likely N-dealkylation sites (N-methyl/N-ethyl adjacent to an activating group) is 1. The minimum atomic E-state index is -0.423. The van der Waals surface area contributed by atoms with Gasteiger partial charge in [-0.05, 0) is 91.3 Å². The zero-order chi connectivity index (χ0) is 27.1. The van der Waals surface area contributed by atoms with Gasteiger partial charge in [0, 0.05) is 6.54 Å². The van der Waals surface area contributed by atoms with Crippen LogP contribution in [0.3, 0.4) is 0 Å². The van der Waals surface area contributed by atoms with Crippen LogP contribution < -0.4 is 9.47 Å². The van der Waals surface area contributed by atoms with Crippen LogP contribution in [0.15, 0.2) is 76.6 Å². The topological polar surface area (TPSA) is 77.4 Å². The van der Waals surface area contributed by atoms with Crippen molar-refractivity contribution >= 4 is 40.6 Å². The Morgan fingerprint density at radius 2 is 1.74 bits per heavy atom. The van der Waals surface area contributed by atoms with E-state index in [0.29, 0.717) is 46.0 Å². The van der Waals surface area contributed by atoms with Gasteiger partial charge in [-0.2, -0.15) is 0 Å². The highest BCUT2D eigenvalue weighted by Crippen LogP contribution is 2.36. The lowest BCUT2D eigenvalue weighted by atomic mass is 10.1. The van der Waals surface area contributed by atoms with Crippen molar-refractivity contribution in [3.05, 3.63) is 94.1 Å². The summed E-state index contributed by atoms with van der Waals surface area (Å²) in [7, 11) is 1.33. The van der Waals surface area contributed by atoms with Crippen LogP contribution in [0.2, 0.25) is 0 Å². The highest BCUT2D eigenvalue weighted by Gasteiger charge is 2.32. The summed E-state index contributed by atoms with van der Waals surface area (Å²) in [6, 6.07) is 18.3. The SMILES string of the molecule is CCOc1cc(/C=C2/SC(=Nc3ccc(C(=O)OC)cc3)N(CC)C2=O)ccc1OCc1ccc(F)cc1. The van der Waals surface area contributed by atoms with Crippen LogP contribution in [0.4, 0.5) is 10.1 Å². The van der Waals surface area contributed by atoms with E-state index in [9.17, 15) is 14.0 Å². The van der Waals surface area contributed by atoms with Crippen molar-refractivity contribution in [2.45, 2.75) is 20.5 Å². The second-order valence-corrected chi connectivity index (χ2v) is 9.16. The van der Waals surface area contributed by atoms with E-state index >= 15 is 0 Å². The van der Waals surface area contributed by atoms with Gasteiger partial charge in [0.2, 0.25) is 0 Å². The van der Waals surface area contributed by atoms with Crippen molar-refractivity contribution in [1.29, 1.82) is 0 Å². The first-order valence-corrected chi connectivity index (χ1v) is 12.9. The van der Waals surface area contributed by atoms with E-state index in [0.717, 1.165) is 11.1 Å². The number of aliphatic imine (C=N–C) groups is 1. The molecule has 7 nitrogen and oxygen atoms in total. The predicted octanol–water partition coefficient (Wildman–Crippen LogP) is 6.21. The van der Waals surface area contributed by atoms with E-state index in [2.05, 4.69) is 4.99 Å². The second kappa shape index (κ2) is 12.4. The third-order valence-corrected chi connectivity index (χ3v) is 6.60. The molecule has 4 rings (SSSR count). The minimum Gasteiger partial charge on any atom is -0.490 e. The highest BCUT2D eigenvalue weighted by molar-refractivity contribution is 8.18. The van der Waals surface area contributed by atoms with E-state index < -0.39 is 5.97 Å². The summed E-state index contributed by atoms with van der Waals surface area (Å²) in [5.41, 5.74) is 2.65. The van der Waals surface area contributed by atoms with Crippen LogP contribution in [0, 0.1) is 5.82 Å². The highest BCUT2D eigenvalue weighted by atomic mass is 32.2. The molecule has 0 atom stereocenters. The Balaban J connectivity index is 1.54. The molecule has 38 heavy (non-hydrogen) atoms. The molecule has 1 fully saturated rings. The molecule has 0 unspecified atom stereocenters. The number of nitrogens with zero attached hydrogens (tertiary/aromatic N) is 2. The van der Waals surface area contributed by atoms with Gasteiger partial charge in [-0.25, -0.2) is 14.2 Å². The molecule has 1 aliphatic heterocycles. The molecule has 3 aromatic rings. The lowest BCUT2D eigenvalue weighted by Crippen LogP contribution is -2.28. The summed E-state index contributed by atoms with van der Waals surface area (Å²) in [4.78, 5) is 31.5. The number of thioether (sulfide) groups is 1. The van der Waals surface area contributed by atoms with Crippen molar-refractivity contribution in [1.82, 2.24) is 4.90 Å². The van der Waals surface area contributed by atoms with Crippen LogP contribution in [0.5, 0.6) is 11.5 Å². The van der Waals surface area contributed by atoms with Crippen LogP contribution >= 0.6 is 11.8 Å². The molecule has 0 bridgehead atoms. The number of methoxy groups -OCH3 is 1. The second-order valence-electron chi connectivity index (χ2n) is 8.15. The smallest absolute Gasteiger partial charge is 0.337 e. The number of benzene rings is 3. The van der Waals surface area contributed by atoms with Gasteiger partial charge in [-0.1, -0.05) is 18.2 Å². The zero-order valence-electron chi connectivity index (χ0n) is 21.3. The molecule has 3 aromatic carbocycles. The first kappa shape index (κ1) is 26.9. The Kier molecular flexibility index (Phi) is 8.81. The Morgan fingerprint density at radius 3 is 2.39 bits per heavy atom. The largest absolute Gasteiger partial charge is 0.490 e. The van der Waals surface area contributed by atoms with E-state index in [4.69, 9.17) is 14.2 Å². The first-order chi connectivity index (χ1) is 18.4. The summed E-state index contributed by atoms with van der Waals surface area (Å²) in [6.45, 7) is 4.93. The fraction of sp³-hybridized carbons (Fsp3) is 0.207. The molecule has 0 spiro atoms. The third-order valence-electron chi connectivity index (χ3n) is 5.59. The summed E-state index contributed by atoms with van der Waals surface area (Å²) in [6.07, 6.45) is 1.80. The van der Waals surface area contributed by atoms with Gasteiger partial charge in [-0.15, -0.1) is 0 Å². The normalized spacial score (nSPS) is 15.3. The molecule has 0 saturated carbocycles. The molecule has 1 amide bonds. The molecule has 196 valence electrons. The van der Waals surface area contributed by atoms with Gasteiger partial charge in [-0.3, -0.25) is 9.69 Å². The number of esters is 1. The number of amidine groups is 1. The Hall–Kier alpha value is -4.11. The van der Waals surface area contributed by atoms with Gasteiger partial charge in [0.25, 0.3) is 5.91 Å². The number of ether oxygens (including phenoxy) is 3. The summed E-state index contributed by atoms with van der Waals surface area (Å²) in [5, 5.41) is 0.554. The van der Waals surface area contributed by atoms with Crippen molar-refractivity contribution in [3.8, 4) is 11.5 Å². The molecule has 1 heterocycles. The molecule has 1 aliphatic rings. The monoisotopic (exact) mass is 534 g/mol. The average Bonchev–Trinajstić information content (AvgIpc) is 3.22. The van der Waals surface area contributed by atoms with Crippen LogP contribution in [0.1, 0.15) is 35.3 Å². The van der Waals surface area contributed by atoms with E-state index in [1.54, 1.807) is 53.4 Å². The van der Waals surface area contributed by atoms with E-state index in [1.807, 2.05) is 26.0 Å². The quantitative estimate of drug-likeness (QED) is 0.240. The summed E-state index contributed by atoms with van der Waals surface area (Å²) >= 11 is 1.28. The predicted molar refractivity (Wildman–Crippen MR) is 146 cm³/mol. The maximum Gasteiger partial charge on any atom is 0.337 e. The Morgan fingerprint density at radius 1 is 1.00 bits per heavy atom. The van der Waals surface area contributed by atoms with Crippen molar-refractivity contribution in [3.63, 3.8) is 0 Å². The number of halogens is 1. The number of amides is 1. The van der Waals surface area contributed by atoms with E-state index in [1.165, 1.54) is 31.0 Å². The van der Waals surface area contributed by atoms with Gasteiger partial charge >= 0.3 is 5.97 Å². The number of carbonyl (C=O) groups excluding carboxylic acids is 2. The van der Waals surface area contributed by atoms with Gasteiger partial charge in [0.1, 0.15) is 12.4 Å². The number of hydrogen-bond donors (Lipinski definition) is 0. The molecule has 9 heteroatoms. The molecular weight excluding hydrogens is 507 g/mol. The number of rotatable bonds is 9. The maximum atomic E-state index is 13.2. The van der Waals surface area contributed by atoms with Crippen LogP contribution in [0.25, 0.3) is 6.08 Å². The maximum absolute atomic E-state index is 13.2. The van der Waals surface area contributed by atoms with E-state index in [-0.39, 0.29) is 18.3 Å². The van der Waals surface area contributed by atoms with Gasteiger partial charge in [0.15, 0.2) is 16.7 Å². The van der Waals surface area contributed by atoms with Crippen molar-refractivity contribution < 1.29 is 28.2 Å². The molecule has 0 aromatic heterocycles. The number of hydrogen-bond acceptors (Lipinski definition) is 7.